The quantitative estimate of drug-likeness (QED) is 0.568. The first-order chi connectivity index (χ1) is 6.87. The fourth-order valence-electron chi connectivity index (χ4n) is 1.19. The average Bonchev–Trinajstić information content (AvgIpc) is 2.17. The lowest BCUT2D eigenvalue weighted by Crippen LogP contribution is -2.42. The van der Waals surface area contributed by atoms with Crippen LogP contribution in [0.5, 0.6) is 0 Å². The van der Waals surface area contributed by atoms with Crippen molar-refractivity contribution in [3.63, 3.8) is 0 Å². The lowest BCUT2D eigenvalue weighted by Gasteiger charge is -2.19. The number of carbonyl (C=O) groups is 1. The molecular formula is C9H10N2O4. The highest BCUT2D eigenvalue weighted by Gasteiger charge is 2.36. The molecule has 1 atom stereocenters. The molecule has 0 bridgehead atoms. The molecule has 0 aliphatic heterocycles. The van der Waals surface area contributed by atoms with Gasteiger partial charge < -0.3 is 10.8 Å². The topological polar surface area (TPSA) is 106 Å². The van der Waals surface area contributed by atoms with E-state index in [9.17, 15) is 14.9 Å². The van der Waals surface area contributed by atoms with E-state index in [4.69, 9.17) is 10.8 Å². The molecule has 3 N–H and O–H groups in total. The van der Waals surface area contributed by atoms with Gasteiger partial charge in [-0.25, -0.2) is 4.79 Å². The van der Waals surface area contributed by atoms with Gasteiger partial charge in [0.05, 0.1) is 10.5 Å². The Balaban J connectivity index is 3.37. The smallest absolute Gasteiger partial charge is 0.328 e. The first-order valence-corrected chi connectivity index (χ1v) is 4.13. The summed E-state index contributed by atoms with van der Waals surface area (Å²) in [5.41, 5.74) is 3.46. The van der Waals surface area contributed by atoms with Gasteiger partial charge in [-0.1, -0.05) is 12.1 Å². The molecule has 0 fully saturated rings. The Morgan fingerprint density at radius 1 is 1.53 bits per heavy atom. The van der Waals surface area contributed by atoms with Crippen molar-refractivity contribution < 1.29 is 14.8 Å². The molecule has 0 amide bonds. The summed E-state index contributed by atoms with van der Waals surface area (Å²) in [7, 11) is 0. The molecule has 1 aromatic rings. The lowest BCUT2D eigenvalue weighted by molar-refractivity contribution is -0.386. The summed E-state index contributed by atoms with van der Waals surface area (Å²) in [5.74, 6) is -1.31. The number of benzene rings is 1. The predicted molar refractivity (Wildman–Crippen MR) is 52.3 cm³/mol. The Morgan fingerprint density at radius 2 is 2.07 bits per heavy atom. The number of nitro groups is 1. The highest BCUT2D eigenvalue weighted by atomic mass is 16.6. The van der Waals surface area contributed by atoms with Gasteiger partial charge in [0.1, 0.15) is 5.54 Å². The van der Waals surface area contributed by atoms with Gasteiger partial charge in [0, 0.05) is 6.07 Å². The fourth-order valence-corrected chi connectivity index (χ4v) is 1.19. The molecule has 0 heterocycles. The molecule has 0 aliphatic carbocycles. The van der Waals surface area contributed by atoms with Crippen molar-refractivity contribution in [3.8, 4) is 0 Å². The average molecular weight is 210 g/mol. The summed E-state index contributed by atoms with van der Waals surface area (Å²) in [6.07, 6.45) is 0. The van der Waals surface area contributed by atoms with Gasteiger partial charge in [0.15, 0.2) is 0 Å². The maximum absolute atomic E-state index is 10.8. The van der Waals surface area contributed by atoms with E-state index in [-0.39, 0.29) is 11.3 Å². The number of hydrogen-bond donors (Lipinski definition) is 2. The molecule has 80 valence electrons. The fraction of sp³-hybridized carbons (Fsp3) is 0.222. The summed E-state index contributed by atoms with van der Waals surface area (Å²) < 4.78 is 0. The number of hydrogen-bond acceptors (Lipinski definition) is 4. The van der Waals surface area contributed by atoms with Crippen LogP contribution < -0.4 is 5.73 Å². The second-order valence-electron chi connectivity index (χ2n) is 3.28. The van der Waals surface area contributed by atoms with E-state index in [0.717, 1.165) is 0 Å². The number of para-hydroxylation sites is 1. The van der Waals surface area contributed by atoms with E-state index in [1.807, 2.05) is 0 Å². The van der Waals surface area contributed by atoms with Gasteiger partial charge >= 0.3 is 5.97 Å². The van der Waals surface area contributed by atoms with Crippen molar-refractivity contribution in [1.29, 1.82) is 0 Å². The largest absolute Gasteiger partial charge is 0.480 e. The SMILES string of the molecule is C[C@](N)(C(=O)O)c1ccccc1[N+](=O)[O-]. The van der Waals surface area contributed by atoms with E-state index < -0.39 is 16.4 Å². The van der Waals surface area contributed by atoms with Gasteiger partial charge in [-0.05, 0) is 13.0 Å². The van der Waals surface area contributed by atoms with Crippen LogP contribution in [0, 0.1) is 10.1 Å². The van der Waals surface area contributed by atoms with Crippen LogP contribution >= 0.6 is 0 Å². The van der Waals surface area contributed by atoms with Gasteiger partial charge in [-0.15, -0.1) is 0 Å². The monoisotopic (exact) mass is 210 g/mol. The highest BCUT2D eigenvalue weighted by molar-refractivity contribution is 5.81. The van der Waals surface area contributed by atoms with E-state index in [1.165, 1.54) is 31.2 Å². The molecule has 1 rings (SSSR count). The van der Waals surface area contributed by atoms with Crippen molar-refractivity contribution in [2.24, 2.45) is 5.73 Å². The third-order valence-corrected chi connectivity index (χ3v) is 2.10. The summed E-state index contributed by atoms with van der Waals surface area (Å²) in [5, 5.41) is 19.5. The zero-order valence-electron chi connectivity index (χ0n) is 8.01. The molecule has 6 nitrogen and oxygen atoms in total. The molecule has 0 aromatic heterocycles. The van der Waals surface area contributed by atoms with Crippen LogP contribution in [0.4, 0.5) is 5.69 Å². The molecule has 0 saturated carbocycles. The van der Waals surface area contributed by atoms with Gasteiger partial charge in [-0.2, -0.15) is 0 Å². The molecule has 0 saturated heterocycles. The van der Waals surface area contributed by atoms with Gasteiger partial charge in [0.25, 0.3) is 5.69 Å². The minimum absolute atomic E-state index is 0.0116. The van der Waals surface area contributed by atoms with Crippen LogP contribution in [-0.4, -0.2) is 16.0 Å². The van der Waals surface area contributed by atoms with E-state index in [2.05, 4.69) is 0 Å². The molecule has 0 spiro atoms. The zero-order valence-corrected chi connectivity index (χ0v) is 8.01. The molecule has 0 radical (unpaired) electrons. The van der Waals surface area contributed by atoms with Crippen LogP contribution in [0.2, 0.25) is 0 Å². The zero-order chi connectivity index (χ0) is 11.6. The van der Waals surface area contributed by atoms with Crippen LogP contribution in [0.15, 0.2) is 24.3 Å². The minimum atomic E-state index is -1.76. The lowest BCUT2D eigenvalue weighted by atomic mass is 9.92. The Bertz CT molecular complexity index is 414. The normalized spacial score (nSPS) is 14.3. The van der Waals surface area contributed by atoms with Gasteiger partial charge in [-0.3, -0.25) is 10.1 Å². The number of aliphatic carboxylic acids is 1. The summed E-state index contributed by atoms with van der Waals surface area (Å²) in [6.45, 7) is 1.22. The van der Waals surface area contributed by atoms with Crippen molar-refractivity contribution in [2.75, 3.05) is 0 Å². The van der Waals surface area contributed by atoms with E-state index in [1.54, 1.807) is 0 Å². The first-order valence-electron chi connectivity index (χ1n) is 4.13. The van der Waals surface area contributed by atoms with Crippen LogP contribution in [0.1, 0.15) is 12.5 Å². The Hall–Kier alpha value is -1.95. The van der Waals surface area contributed by atoms with E-state index in [0.29, 0.717) is 0 Å². The predicted octanol–water partition coefficient (Wildman–Crippen LogP) is 0.853. The second kappa shape index (κ2) is 3.66. The van der Waals surface area contributed by atoms with Crippen molar-refractivity contribution >= 4 is 11.7 Å². The number of rotatable bonds is 3. The molecule has 15 heavy (non-hydrogen) atoms. The number of nitrogens with two attached hydrogens (primary N) is 1. The third kappa shape index (κ3) is 1.94. The maximum atomic E-state index is 10.8. The first kappa shape index (κ1) is 11.1. The summed E-state index contributed by atoms with van der Waals surface area (Å²) in [6, 6.07) is 5.53. The summed E-state index contributed by atoms with van der Waals surface area (Å²) >= 11 is 0. The molecule has 6 heteroatoms. The Kier molecular flexibility index (Phi) is 2.71. The summed E-state index contributed by atoms with van der Waals surface area (Å²) in [4.78, 5) is 20.8. The molecule has 0 unspecified atom stereocenters. The minimum Gasteiger partial charge on any atom is -0.480 e. The van der Waals surface area contributed by atoms with E-state index >= 15 is 0 Å². The Morgan fingerprint density at radius 3 is 2.53 bits per heavy atom. The number of nitrogens with zero attached hydrogens (tertiary/aromatic N) is 1. The van der Waals surface area contributed by atoms with Crippen molar-refractivity contribution in [1.82, 2.24) is 0 Å². The number of carboxylic acid groups (broad SMARTS) is 1. The van der Waals surface area contributed by atoms with Crippen molar-refractivity contribution in [3.05, 3.63) is 39.9 Å². The number of carboxylic acids is 1. The van der Waals surface area contributed by atoms with Gasteiger partial charge in [0.2, 0.25) is 0 Å². The molecule has 0 aliphatic rings. The third-order valence-electron chi connectivity index (χ3n) is 2.10. The highest BCUT2D eigenvalue weighted by Crippen LogP contribution is 2.27. The maximum Gasteiger partial charge on any atom is 0.328 e. The number of nitro benzene ring substituents is 1. The second-order valence-corrected chi connectivity index (χ2v) is 3.28. The van der Waals surface area contributed by atoms with Crippen LogP contribution in [-0.2, 0) is 10.3 Å². The Labute approximate surface area is 85.5 Å². The van der Waals surface area contributed by atoms with Crippen molar-refractivity contribution in [2.45, 2.75) is 12.5 Å². The molecule has 1 aromatic carbocycles. The standard InChI is InChI=1S/C9H10N2O4/c1-9(10,8(12)13)6-4-2-3-5-7(6)11(14)15/h2-5H,10H2,1H3,(H,12,13)/t9-/m1/s1. The molecular weight excluding hydrogens is 200 g/mol. The van der Waals surface area contributed by atoms with Crippen LogP contribution in [0.25, 0.3) is 0 Å². The van der Waals surface area contributed by atoms with Crippen LogP contribution in [0.3, 0.4) is 0 Å².